The largest absolute Gasteiger partial charge is 0.508 e. The fraction of sp³-hybridized carbons (Fsp3) is 0.320. The molecule has 2 aromatic carbocycles. The lowest BCUT2D eigenvalue weighted by atomic mass is 10.0. The Hall–Kier alpha value is -4.65. The Labute approximate surface area is 218 Å². The number of carboxylic acids is 1. The zero-order chi connectivity index (χ0) is 28.4. The number of hydrogen-bond acceptors (Lipinski definition) is 8. The van der Waals surface area contributed by atoms with Gasteiger partial charge in [-0.25, -0.2) is 4.79 Å². The van der Waals surface area contributed by atoms with Crippen molar-refractivity contribution in [3.63, 3.8) is 0 Å². The van der Waals surface area contributed by atoms with Gasteiger partial charge in [0.1, 0.15) is 29.6 Å². The van der Waals surface area contributed by atoms with Crippen LogP contribution in [-0.2, 0) is 36.8 Å². The highest BCUT2D eigenvalue weighted by molar-refractivity contribution is 5.95. The average molecular weight is 530 g/mol. The van der Waals surface area contributed by atoms with Crippen LogP contribution in [0.2, 0.25) is 0 Å². The maximum Gasteiger partial charge on any atom is 0.326 e. The molecule has 10 N–H and O–H groups in total. The van der Waals surface area contributed by atoms with Gasteiger partial charge in [0.05, 0.1) is 12.5 Å². The lowest BCUT2D eigenvalue weighted by Crippen LogP contribution is -2.57. The monoisotopic (exact) mass is 529 g/mol. The van der Waals surface area contributed by atoms with E-state index >= 15 is 0 Å². The Morgan fingerprint density at radius 1 is 0.737 bits per heavy atom. The molecule has 38 heavy (non-hydrogen) atoms. The molecule has 0 saturated heterocycles. The molecule has 0 bridgehead atoms. The number of carbonyl (C=O) groups is 5. The van der Waals surface area contributed by atoms with Crippen LogP contribution in [0.5, 0.6) is 11.5 Å². The Balaban J connectivity index is 2.17. The molecule has 4 amide bonds. The maximum atomic E-state index is 13.1. The van der Waals surface area contributed by atoms with Gasteiger partial charge in [0.15, 0.2) is 0 Å². The summed E-state index contributed by atoms with van der Waals surface area (Å²) >= 11 is 0. The van der Waals surface area contributed by atoms with Gasteiger partial charge in [0.25, 0.3) is 0 Å². The van der Waals surface area contributed by atoms with E-state index in [2.05, 4.69) is 16.0 Å². The summed E-state index contributed by atoms with van der Waals surface area (Å²) in [6.45, 7) is 1.34. The SMILES string of the molecule is CC(NC(=O)C(N)CC(N)=O)C(=O)NC(Cc1ccc(O)cc1)C(=O)NC(Cc1ccc(O)cc1)C(=O)O. The van der Waals surface area contributed by atoms with E-state index in [0.717, 1.165) is 0 Å². The molecule has 0 aliphatic heterocycles. The summed E-state index contributed by atoms with van der Waals surface area (Å²) in [5.41, 5.74) is 11.7. The Kier molecular flexibility index (Phi) is 10.6. The molecule has 0 aromatic heterocycles. The van der Waals surface area contributed by atoms with Crippen molar-refractivity contribution < 1.29 is 39.3 Å². The summed E-state index contributed by atoms with van der Waals surface area (Å²) < 4.78 is 0. The standard InChI is InChI=1S/C25H31N5O8/c1-13(28-23(35)18(26)12-21(27)33)22(34)29-19(10-14-2-6-16(31)7-3-14)24(36)30-20(25(37)38)11-15-4-8-17(32)9-5-15/h2-9,13,18-20,31-32H,10-12,26H2,1H3,(H2,27,33)(H,28,35)(H,29,34)(H,30,36)(H,37,38). The topological polar surface area (TPSA) is 234 Å². The van der Waals surface area contributed by atoms with Crippen molar-refractivity contribution in [2.45, 2.75) is 50.4 Å². The van der Waals surface area contributed by atoms with Crippen LogP contribution in [0.25, 0.3) is 0 Å². The molecule has 0 saturated carbocycles. The number of aromatic hydroxyl groups is 2. The third kappa shape index (κ3) is 9.43. The molecule has 0 radical (unpaired) electrons. The predicted molar refractivity (Wildman–Crippen MR) is 135 cm³/mol. The normalized spacial score (nSPS) is 13.8. The molecule has 0 aliphatic rings. The number of nitrogens with one attached hydrogen (secondary N) is 3. The minimum Gasteiger partial charge on any atom is -0.508 e. The minimum absolute atomic E-state index is 0.00173. The molecule has 4 atom stereocenters. The van der Waals surface area contributed by atoms with E-state index in [9.17, 15) is 39.3 Å². The van der Waals surface area contributed by atoms with Crippen LogP contribution in [0.15, 0.2) is 48.5 Å². The van der Waals surface area contributed by atoms with Gasteiger partial charge in [-0.05, 0) is 42.3 Å². The number of rotatable bonds is 13. The van der Waals surface area contributed by atoms with Gasteiger partial charge in [-0.1, -0.05) is 24.3 Å². The summed E-state index contributed by atoms with van der Waals surface area (Å²) in [4.78, 5) is 60.9. The molecule has 2 rings (SSSR count). The number of benzene rings is 2. The second-order valence-corrected chi connectivity index (χ2v) is 8.71. The number of nitrogens with two attached hydrogens (primary N) is 2. The van der Waals surface area contributed by atoms with E-state index in [-0.39, 0.29) is 24.3 Å². The molecule has 13 nitrogen and oxygen atoms in total. The Morgan fingerprint density at radius 2 is 1.18 bits per heavy atom. The first-order valence-electron chi connectivity index (χ1n) is 11.6. The van der Waals surface area contributed by atoms with Crippen molar-refractivity contribution in [3.05, 3.63) is 59.7 Å². The number of carboxylic acid groups (broad SMARTS) is 1. The fourth-order valence-corrected chi connectivity index (χ4v) is 3.41. The Bertz CT molecular complexity index is 1150. The molecule has 0 aliphatic carbocycles. The second kappa shape index (κ2) is 13.6. The van der Waals surface area contributed by atoms with E-state index in [4.69, 9.17) is 11.5 Å². The predicted octanol–water partition coefficient (Wildman–Crippen LogP) is -1.36. The number of carbonyl (C=O) groups excluding carboxylic acids is 4. The summed E-state index contributed by atoms with van der Waals surface area (Å²) in [5.74, 6) is -4.50. The van der Waals surface area contributed by atoms with Crippen LogP contribution in [0.3, 0.4) is 0 Å². The van der Waals surface area contributed by atoms with Gasteiger partial charge in [0, 0.05) is 12.8 Å². The molecular weight excluding hydrogens is 498 g/mol. The summed E-state index contributed by atoms with van der Waals surface area (Å²) in [6, 6.07) is 6.59. The van der Waals surface area contributed by atoms with Gasteiger partial charge >= 0.3 is 5.97 Å². The second-order valence-electron chi connectivity index (χ2n) is 8.71. The number of aliphatic carboxylic acids is 1. The highest BCUT2D eigenvalue weighted by atomic mass is 16.4. The fourth-order valence-electron chi connectivity index (χ4n) is 3.41. The third-order valence-electron chi connectivity index (χ3n) is 5.51. The molecule has 0 heterocycles. The van der Waals surface area contributed by atoms with Crippen LogP contribution in [0.1, 0.15) is 24.5 Å². The Morgan fingerprint density at radius 3 is 1.63 bits per heavy atom. The third-order valence-corrected chi connectivity index (χ3v) is 5.51. The van der Waals surface area contributed by atoms with Crippen molar-refractivity contribution >= 4 is 29.6 Å². The van der Waals surface area contributed by atoms with Crippen LogP contribution in [-0.4, -0.2) is 69.1 Å². The number of phenols is 2. The molecule has 0 spiro atoms. The molecular formula is C25H31N5O8. The quantitative estimate of drug-likeness (QED) is 0.153. The van der Waals surface area contributed by atoms with Crippen LogP contribution >= 0.6 is 0 Å². The number of phenolic OH excluding ortho intramolecular Hbond substituents is 2. The van der Waals surface area contributed by atoms with Crippen molar-refractivity contribution in [2.75, 3.05) is 0 Å². The van der Waals surface area contributed by atoms with E-state index in [1.165, 1.54) is 55.5 Å². The van der Waals surface area contributed by atoms with Gasteiger partial charge in [-0.3, -0.25) is 19.2 Å². The summed E-state index contributed by atoms with van der Waals surface area (Å²) in [5, 5.41) is 35.9. The molecule has 204 valence electrons. The van der Waals surface area contributed by atoms with Crippen LogP contribution in [0.4, 0.5) is 0 Å². The lowest BCUT2D eigenvalue weighted by molar-refractivity contribution is -0.142. The first-order valence-corrected chi connectivity index (χ1v) is 11.6. The van der Waals surface area contributed by atoms with Gasteiger partial charge in [-0.15, -0.1) is 0 Å². The van der Waals surface area contributed by atoms with Gasteiger partial charge in [0.2, 0.25) is 23.6 Å². The number of amides is 4. The average Bonchev–Trinajstić information content (AvgIpc) is 2.85. The van der Waals surface area contributed by atoms with Crippen molar-refractivity contribution in [1.82, 2.24) is 16.0 Å². The summed E-state index contributed by atoms with van der Waals surface area (Å²) in [7, 11) is 0. The summed E-state index contributed by atoms with van der Waals surface area (Å²) in [6.07, 6.45) is -0.583. The van der Waals surface area contributed by atoms with Crippen molar-refractivity contribution in [3.8, 4) is 11.5 Å². The van der Waals surface area contributed by atoms with Crippen LogP contribution in [0, 0.1) is 0 Å². The zero-order valence-corrected chi connectivity index (χ0v) is 20.6. The van der Waals surface area contributed by atoms with Gasteiger partial charge < -0.3 is 42.7 Å². The molecule has 2 aromatic rings. The van der Waals surface area contributed by atoms with E-state index < -0.39 is 60.2 Å². The van der Waals surface area contributed by atoms with E-state index in [0.29, 0.717) is 11.1 Å². The number of hydrogen-bond donors (Lipinski definition) is 8. The zero-order valence-electron chi connectivity index (χ0n) is 20.6. The van der Waals surface area contributed by atoms with Crippen LogP contribution < -0.4 is 27.4 Å². The maximum absolute atomic E-state index is 13.1. The van der Waals surface area contributed by atoms with Gasteiger partial charge in [-0.2, -0.15) is 0 Å². The minimum atomic E-state index is -1.35. The van der Waals surface area contributed by atoms with Crippen molar-refractivity contribution in [2.24, 2.45) is 11.5 Å². The molecule has 0 fully saturated rings. The smallest absolute Gasteiger partial charge is 0.326 e. The molecule has 13 heteroatoms. The first-order chi connectivity index (χ1) is 17.8. The van der Waals surface area contributed by atoms with Crippen molar-refractivity contribution in [1.29, 1.82) is 0 Å². The number of primary amides is 1. The first kappa shape index (κ1) is 29.6. The van der Waals surface area contributed by atoms with E-state index in [1.807, 2.05) is 0 Å². The van der Waals surface area contributed by atoms with E-state index in [1.54, 1.807) is 0 Å². The highest BCUT2D eigenvalue weighted by Crippen LogP contribution is 2.13. The lowest BCUT2D eigenvalue weighted by Gasteiger charge is -2.24. The molecule has 4 unspecified atom stereocenters. The highest BCUT2D eigenvalue weighted by Gasteiger charge is 2.29.